The van der Waals surface area contributed by atoms with Crippen LogP contribution in [0.5, 0.6) is 0 Å². The van der Waals surface area contributed by atoms with Crippen LogP contribution in [0.15, 0.2) is 53.6 Å². The number of nitrogens with zero attached hydrogens (tertiary/aromatic N) is 3. The highest BCUT2D eigenvalue weighted by atomic mass is 19.1. The lowest BCUT2D eigenvalue weighted by Crippen LogP contribution is -2.42. The lowest BCUT2D eigenvalue weighted by molar-refractivity contribution is -0.146. The number of carboxylic acids is 1. The largest absolute Gasteiger partial charge is 0.481 e. The van der Waals surface area contributed by atoms with Crippen molar-refractivity contribution in [3.05, 3.63) is 59.9 Å². The first-order valence-electron chi connectivity index (χ1n) is 8.04. The highest BCUT2D eigenvalue weighted by Gasteiger charge is 2.37. The molecular formula is C19H18FN3O3. The van der Waals surface area contributed by atoms with Crippen LogP contribution in [0.2, 0.25) is 0 Å². The van der Waals surface area contributed by atoms with Gasteiger partial charge in [0.2, 0.25) is 0 Å². The fraction of sp³-hybridized carbons (Fsp3) is 0.211. The summed E-state index contributed by atoms with van der Waals surface area (Å²) in [6.07, 6.45) is -0.0126. The Hall–Kier alpha value is -3.22. The van der Waals surface area contributed by atoms with Crippen molar-refractivity contribution in [2.24, 2.45) is 11.0 Å². The van der Waals surface area contributed by atoms with Gasteiger partial charge in [0.1, 0.15) is 11.7 Å². The van der Waals surface area contributed by atoms with Crippen LogP contribution in [0, 0.1) is 11.7 Å². The number of carbonyl (C=O) groups is 2. The van der Waals surface area contributed by atoms with Gasteiger partial charge in [0.25, 0.3) is 5.91 Å². The second-order valence-corrected chi connectivity index (χ2v) is 6.21. The van der Waals surface area contributed by atoms with E-state index < -0.39 is 23.6 Å². The summed E-state index contributed by atoms with van der Waals surface area (Å²) in [7, 11) is 3.83. The van der Waals surface area contributed by atoms with Crippen molar-refractivity contribution in [2.75, 3.05) is 24.0 Å². The number of rotatable bonds is 4. The molecule has 0 saturated heterocycles. The van der Waals surface area contributed by atoms with Gasteiger partial charge in [0.15, 0.2) is 0 Å². The Morgan fingerprint density at radius 3 is 2.50 bits per heavy atom. The third-order valence-electron chi connectivity index (χ3n) is 4.19. The maximum Gasteiger partial charge on any atom is 0.316 e. The van der Waals surface area contributed by atoms with E-state index in [1.165, 1.54) is 18.2 Å². The van der Waals surface area contributed by atoms with Crippen LogP contribution in [-0.4, -0.2) is 36.8 Å². The number of halogens is 1. The molecular weight excluding hydrogens is 337 g/mol. The number of anilines is 2. The second-order valence-electron chi connectivity index (χ2n) is 6.21. The maximum absolute atomic E-state index is 13.5. The van der Waals surface area contributed by atoms with Crippen LogP contribution in [0.25, 0.3) is 0 Å². The number of aliphatic carboxylic acids is 1. The zero-order chi connectivity index (χ0) is 18.8. The molecule has 1 aliphatic heterocycles. The zero-order valence-electron chi connectivity index (χ0n) is 14.4. The highest BCUT2D eigenvalue weighted by Crippen LogP contribution is 2.27. The van der Waals surface area contributed by atoms with E-state index in [1.807, 2.05) is 43.3 Å². The van der Waals surface area contributed by atoms with Gasteiger partial charge in [-0.1, -0.05) is 18.2 Å². The molecule has 0 spiro atoms. The lowest BCUT2D eigenvalue weighted by Gasteiger charge is -2.27. The molecule has 1 heterocycles. The van der Waals surface area contributed by atoms with Crippen LogP contribution >= 0.6 is 0 Å². The molecule has 1 atom stereocenters. The predicted molar refractivity (Wildman–Crippen MR) is 96.9 cm³/mol. The minimum Gasteiger partial charge on any atom is -0.481 e. The Bertz CT molecular complexity index is 878. The number of hydrazone groups is 1. The van der Waals surface area contributed by atoms with Crippen LogP contribution in [0.1, 0.15) is 12.0 Å². The normalized spacial score (nSPS) is 17.0. The van der Waals surface area contributed by atoms with Crippen molar-refractivity contribution in [3.63, 3.8) is 0 Å². The summed E-state index contributed by atoms with van der Waals surface area (Å²) in [6.45, 7) is 0. The zero-order valence-corrected chi connectivity index (χ0v) is 14.4. The van der Waals surface area contributed by atoms with E-state index in [4.69, 9.17) is 0 Å². The Kier molecular flexibility index (Phi) is 4.71. The van der Waals surface area contributed by atoms with Gasteiger partial charge in [0, 0.05) is 26.2 Å². The minimum absolute atomic E-state index is 0.0126. The van der Waals surface area contributed by atoms with Crippen molar-refractivity contribution < 1.29 is 19.1 Å². The predicted octanol–water partition coefficient (Wildman–Crippen LogP) is 2.73. The Labute approximate surface area is 150 Å². The molecule has 0 fully saturated rings. The molecule has 1 aliphatic rings. The molecule has 1 unspecified atom stereocenters. The van der Waals surface area contributed by atoms with Crippen molar-refractivity contribution in [3.8, 4) is 0 Å². The summed E-state index contributed by atoms with van der Waals surface area (Å²) >= 11 is 0. The first kappa shape index (κ1) is 17.6. The minimum atomic E-state index is -1.26. The molecule has 1 N–H and O–H groups in total. The van der Waals surface area contributed by atoms with Crippen LogP contribution < -0.4 is 9.91 Å². The first-order valence-corrected chi connectivity index (χ1v) is 8.04. The van der Waals surface area contributed by atoms with Gasteiger partial charge < -0.3 is 10.0 Å². The van der Waals surface area contributed by atoms with Gasteiger partial charge >= 0.3 is 5.97 Å². The van der Waals surface area contributed by atoms with E-state index in [0.29, 0.717) is 5.71 Å². The van der Waals surface area contributed by atoms with Gasteiger partial charge in [-0.3, -0.25) is 9.59 Å². The molecule has 0 bridgehead atoms. The molecule has 2 aromatic rings. The topological polar surface area (TPSA) is 73.2 Å². The Morgan fingerprint density at radius 2 is 1.92 bits per heavy atom. The molecule has 134 valence electrons. The van der Waals surface area contributed by atoms with Gasteiger partial charge in [-0.25, -0.2) is 4.39 Å². The van der Waals surface area contributed by atoms with E-state index in [0.717, 1.165) is 22.3 Å². The number of carbonyl (C=O) groups excluding carboxylic acids is 1. The quantitative estimate of drug-likeness (QED) is 0.856. The number of hydrogen-bond donors (Lipinski definition) is 1. The van der Waals surface area contributed by atoms with Crippen molar-refractivity contribution >= 4 is 29.0 Å². The molecule has 7 heteroatoms. The maximum atomic E-state index is 13.5. The van der Waals surface area contributed by atoms with Crippen molar-refractivity contribution in [2.45, 2.75) is 6.42 Å². The molecule has 3 rings (SSSR count). The van der Waals surface area contributed by atoms with E-state index in [1.54, 1.807) is 0 Å². The summed E-state index contributed by atoms with van der Waals surface area (Å²) in [4.78, 5) is 26.0. The monoisotopic (exact) mass is 355 g/mol. The molecule has 0 saturated carbocycles. The molecule has 26 heavy (non-hydrogen) atoms. The van der Waals surface area contributed by atoms with E-state index in [9.17, 15) is 19.1 Å². The smallest absolute Gasteiger partial charge is 0.316 e. The van der Waals surface area contributed by atoms with Gasteiger partial charge in [0.05, 0.1) is 11.4 Å². The van der Waals surface area contributed by atoms with Gasteiger partial charge in [-0.05, 0) is 35.9 Å². The molecule has 2 aromatic carbocycles. The summed E-state index contributed by atoms with van der Waals surface area (Å²) < 4.78 is 13.5. The van der Waals surface area contributed by atoms with Crippen molar-refractivity contribution in [1.29, 1.82) is 0 Å². The molecule has 1 amide bonds. The average Bonchev–Trinajstić information content (AvgIpc) is 2.61. The summed E-state index contributed by atoms with van der Waals surface area (Å²) in [5.41, 5.74) is 2.36. The lowest BCUT2D eigenvalue weighted by atomic mass is 9.94. The van der Waals surface area contributed by atoms with Crippen LogP contribution in [0.3, 0.4) is 0 Å². The number of carboxylic acid groups (broad SMARTS) is 1. The van der Waals surface area contributed by atoms with E-state index in [-0.39, 0.29) is 12.1 Å². The van der Waals surface area contributed by atoms with E-state index in [2.05, 4.69) is 5.10 Å². The Balaban J connectivity index is 2.03. The molecule has 0 radical (unpaired) electrons. The third-order valence-corrected chi connectivity index (χ3v) is 4.19. The summed E-state index contributed by atoms with van der Waals surface area (Å²) in [6, 6.07) is 12.8. The number of benzene rings is 2. The van der Waals surface area contributed by atoms with Crippen LogP contribution in [0.4, 0.5) is 15.8 Å². The Morgan fingerprint density at radius 1 is 1.23 bits per heavy atom. The molecule has 0 aromatic heterocycles. The van der Waals surface area contributed by atoms with Crippen molar-refractivity contribution in [1.82, 2.24) is 0 Å². The van der Waals surface area contributed by atoms with Crippen LogP contribution in [-0.2, 0) is 9.59 Å². The first-order chi connectivity index (χ1) is 12.4. The third kappa shape index (κ3) is 3.42. The summed E-state index contributed by atoms with van der Waals surface area (Å²) in [5.74, 6) is -3.70. The highest BCUT2D eigenvalue weighted by molar-refractivity contribution is 6.15. The summed E-state index contributed by atoms with van der Waals surface area (Å²) in [5, 5.41) is 14.7. The molecule has 0 aliphatic carbocycles. The number of hydrogen-bond acceptors (Lipinski definition) is 4. The fourth-order valence-corrected chi connectivity index (χ4v) is 2.75. The van der Waals surface area contributed by atoms with Gasteiger partial charge in [-0.15, -0.1) is 0 Å². The SMILES string of the molecule is CN(C)c1ccc(C2=NN(c3cccc(F)c3)C(=O)C(C(=O)O)C2)cc1. The fourth-order valence-electron chi connectivity index (χ4n) is 2.75. The van der Waals surface area contributed by atoms with Gasteiger partial charge in [-0.2, -0.15) is 10.1 Å². The number of amides is 1. The average molecular weight is 355 g/mol. The standard InChI is InChI=1S/C19H18FN3O3/c1-22(2)14-8-6-12(7-9-14)17-11-16(19(25)26)18(24)23(21-17)15-5-3-4-13(20)10-15/h3-10,16H,11H2,1-2H3,(H,25,26). The second kappa shape index (κ2) is 6.95. The van der Waals surface area contributed by atoms with E-state index >= 15 is 0 Å². The molecule has 6 nitrogen and oxygen atoms in total.